The second kappa shape index (κ2) is 11.2. The number of fused-ring (bicyclic) bond motifs is 1. The van der Waals surface area contributed by atoms with E-state index in [0.717, 1.165) is 61.8 Å². The van der Waals surface area contributed by atoms with Gasteiger partial charge in [0.05, 0.1) is 11.2 Å². The molecule has 6 nitrogen and oxygen atoms in total. The zero-order valence-electron chi connectivity index (χ0n) is 22.5. The summed E-state index contributed by atoms with van der Waals surface area (Å²) in [6.07, 6.45) is 17.6. The van der Waals surface area contributed by atoms with Crippen molar-refractivity contribution < 1.29 is 0 Å². The molecule has 3 heterocycles. The number of nitrogens with one attached hydrogen (secondary N) is 2. The van der Waals surface area contributed by atoms with Crippen LogP contribution in [0.3, 0.4) is 0 Å². The normalized spacial score (nSPS) is 15.0. The van der Waals surface area contributed by atoms with Gasteiger partial charge in [-0.05, 0) is 81.0 Å². The van der Waals surface area contributed by atoms with E-state index in [4.69, 9.17) is 5.73 Å². The number of pyridine rings is 1. The number of H-pyrrole nitrogens is 1. The number of allylic oxidation sites excluding steroid dienone is 9. The molecule has 1 saturated carbocycles. The summed E-state index contributed by atoms with van der Waals surface area (Å²) in [6.45, 7) is 22.7. The first-order valence-corrected chi connectivity index (χ1v) is 12.7. The Morgan fingerprint density at radius 3 is 2.53 bits per heavy atom. The first kappa shape index (κ1) is 26.5. The topological polar surface area (TPSA) is 84.5 Å². The Balaban J connectivity index is 1.67. The quantitative estimate of drug-likeness (QED) is 0.247. The summed E-state index contributed by atoms with van der Waals surface area (Å²) in [7, 11) is 0. The molecule has 0 unspecified atom stereocenters. The van der Waals surface area contributed by atoms with Gasteiger partial charge in [0.25, 0.3) is 0 Å². The first-order chi connectivity index (χ1) is 18.2. The third kappa shape index (κ3) is 5.70. The molecule has 1 fully saturated rings. The van der Waals surface area contributed by atoms with Crippen LogP contribution in [0.25, 0.3) is 22.3 Å². The van der Waals surface area contributed by atoms with Gasteiger partial charge in [-0.2, -0.15) is 0 Å². The molecule has 4 rings (SSSR count). The fourth-order valence-corrected chi connectivity index (χ4v) is 4.24. The molecule has 38 heavy (non-hydrogen) atoms. The van der Waals surface area contributed by atoms with E-state index in [2.05, 4.69) is 52.7 Å². The Labute approximate surface area is 225 Å². The molecule has 3 aromatic heterocycles. The third-order valence-electron chi connectivity index (χ3n) is 6.66. The van der Waals surface area contributed by atoms with E-state index >= 15 is 0 Å². The lowest BCUT2D eigenvalue weighted by Crippen LogP contribution is -2.12. The highest BCUT2D eigenvalue weighted by Crippen LogP contribution is 2.35. The van der Waals surface area contributed by atoms with Crippen molar-refractivity contribution in [3.05, 3.63) is 133 Å². The lowest BCUT2D eigenvalue weighted by Gasteiger charge is -2.14. The van der Waals surface area contributed by atoms with Gasteiger partial charge in [-0.3, -0.25) is 4.57 Å². The zero-order chi connectivity index (χ0) is 27.4. The number of aromatic nitrogens is 4. The van der Waals surface area contributed by atoms with Gasteiger partial charge in [-0.25, -0.2) is 9.97 Å². The molecule has 1 aliphatic carbocycles. The van der Waals surface area contributed by atoms with Crippen LogP contribution in [0.4, 0.5) is 0 Å². The minimum absolute atomic E-state index is 0.546. The Bertz CT molecular complexity index is 1550. The Morgan fingerprint density at radius 1 is 1.16 bits per heavy atom. The van der Waals surface area contributed by atoms with E-state index in [1.807, 2.05) is 61.9 Å². The molecule has 0 aliphatic heterocycles. The zero-order valence-corrected chi connectivity index (χ0v) is 22.5. The van der Waals surface area contributed by atoms with Crippen molar-refractivity contribution in [3.8, 4) is 5.82 Å². The second-order valence-electron chi connectivity index (χ2n) is 9.48. The number of imidazole rings is 1. The van der Waals surface area contributed by atoms with Crippen LogP contribution in [0.2, 0.25) is 0 Å². The molecule has 4 N–H and O–H groups in total. The van der Waals surface area contributed by atoms with E-state index < -0.39 is 0 Å². The van der Waals surface area contributed by atoms with Gasteiger partial charge in [0.15, 0.2) is 0 Å². The predicted octanol–water partition coefficient (Wildman–Crippen LogP) is 6.94. The number of rotatable bonds is 11. The van der Waals surface area contributed by atoms with E-state index in [9.17, 15) is 0 Å². The van der Waals surface area contributed by atoms with E-state index in [0.29, 0.717) is 11.6 Å². The van der Waals surface area contributed by atoms with Crippen LogP contribution in [-0.2, 0) is 0 Å². The van der Waals surface area contributed by atoms with Crippen molar-refractivity contribution in [2.45, 2.75) is 33.6 Å². The summed E-state index contributed by atoms with van der Waals surface area (Å²) in [5.74, 6) is 1.34. The van der Waals surface area contributed by atoms with Crippen molar-refractivity contribution >= 4 is 16.5 Å². The molecule has 194 valence electrons. The molecule has 0 aromatic carbocycles. The van der Waals surface area contributed by atoms with Crippen LogP contribution in [0.1, 0.15) is 38.1 Å². The van der Waals surface area contributed by atoms with Crippen LogP contribution in [0.5, 0.6) is 0 Å². The largest absolute Gasteiger partial charge is 0.398 e. The fraction of sp³-hybridized carbons (Fsp3) is 0.188. The summed E-state index contributed by atoms with van der Waals surface area (Å²) in [6, 6.07) is 4.00. The first-order valence-electron chi connectivity index (χ1n) is 12.7. The number of hydrogen-bond donors (Lipinski definition) is 3. The minimum atomic E-state index is 0.546. The van der Waals surface area contributed by atoms with E-state index in [1.54, 1.807) is 18.6 Å². The van der Waals surface area contributed by atoms with Gasteiger partial charge in [0.2, 0.25) is 0 Å². The average Bonchev–Trinajstić information content (AvgIpc) is 3.54. The molecule has 1 aliphatic rings. The Hall–Kier alpha value is -4.58. The fourth-order valence-electron chi connectivity index (χ4n) is 4.24. The molecular weight excluding hydrogens is 468 g/mol. The van der Waals surface area contributed by atoms with Gasteiger partial charge >= 0.3 is 0 Å². The third-order valence-corrected chi connectivity index (χ3v) is 6.66. The van der Waals surface area contributed by atoms with Crippen LogP contribution < -0.4 is 11.1 Å². The lowest BCUT2D eigenvalue weighted by atomic mass is 9.96. The highest BCUT2D eigenvalue weighted by atomic mass is 15.1. The minimum Gasteiger partial charge on any atom is -0.398 e. The van der Waals surface area contributed by atoms with Crippen LogP contribution in [0, 0.1) is 12.8 Å². The van der Waals surface area contributed by atoms with Gasteiger partial charge in [0, 0.05) is 51.7 Å². The number of nitrogens with zero attached hydrogens (tertiary/aromatic N) is 3. The van der Waals surface area contributed by atoms with Crippen molar-refractivity contribution in [1.82, 2.24) is 24.8 Å². The van der Waals surface area contributed by atoms with Crippen molar-refractivity contribution in [2.75, 3.05) is 0 Å². The molecule has 0 saturated heterocycles. The average molecular weight is 505 g/mol. The molecular formula is C32H36N6. The highest BCUT2D eigenvalue weighted by Gasteiger charge is 2.24. The van der Waals surface area contributed by atoms with E-state index in [-0.39, 0.29) is 0 Å². The Morgan fingerprint density at radius 2 is 1.92 bits per heavy atom. The molecule has 0 bridgehead atoms. The molecule has 0 amide bonds. The second-order valence-corrected chi connectivity index (χ2v) is 9.48. The SMILES string of the molecule is C=C/C(=C\C(=C/C)C(=C)/C=C(C(=C)c1cc2c(-n3cnc(C)c3)nccc2[nH]1)\C(N)=C/C)NC(=C)C1CC1. The van der Waals surface area contributed by atoms with Crippen molar-refractivity contribution in [1.29, 1.82) is 0 Å². The highest BCUT2D eigenvalue weighted by molar-refractivity contribution is 5.93. The summed E-state index contributed by atoms with van der Waals surface area (Å²) < 4.78 is 1.92. The maximum atomic E-state index is 6.47. The Kier molecular flexibility index (Phi) is 7.82. The number of aromatic amines is 1. The predicted molar refractivity (Wildman–Crippen MR) is 159 cm³/mol. The van der Waals surface area contributed by atoms with Crippen molar-refractivity contribution in [2.24, 2.45) is 11.7 Å². The van der Waals surface area contributed by atoms with Gasteiger partial charge < -0.3 is 16.0 Å². The van der Waals surface area contributed by atoms with Crippen LogP contribution in [0.15, 0.2) is 121 Å². The maximum Gasteiger partial charge on any atom is 0.147 e. The van der Waals surface area contributed by atoms with Crippen molar-refractivity contribution in [3.63, 3.8) is 0 Å². The monoisotopic (exact) mass is 504 g/mol. The maximum absolute atomic E-state index is 6.47. The summed E-state index contributed by atoms with van der Waals surface area (Å²) >= 11 is 0. The standard InChI is InChI=1S/C32H36N6/c1-8-24(16-26(9-2)36-23(7)25-11-12-25)20(4)15-27(29(33)10-3)22(6)31-17-28-30(37-31)13-14-34-32(28)38-18-21(5)35-19-38/h8-10,13-19,25,36-37H,2,4,6-7,11-12,33H2,1,3,5H3/b24-8+,26-16+,27-15-,29-10+. The molecule has 6 heteroatoms. The van der Waals surface area contributed by atoms with Gasteiger partial charge in [-0.15, -0.1) is 0 Å². The molecule has 0 spiro atoms. The summed E-state index contributed by atoms with van der Waals surface area (Å²) in [5.41, 5.74) is 15.0. The smallest absolute Gasteiger partial charge is 0.147 e. The van der Waals surface area contributed by atoms with Gasteiger partial charge in [0.1, 0.15) is 12.1 Å². The number of hydrogen-bond acceptors (Lipinski definition) is 4. The van der Waals surface area contributed by atoms with E-state index in [1.165, 1.54) is 12.8 Å². The summed E-state index contributed by atoms with van der Waals surface area (Å²) in [5, 5.41) is 4.36. The molecule has 3 aromatic rings. The number of nitrogens with two attached hydrogens (primary N) is 1. The lowest BCUT2D eigenvalue weighted by molar-refractivity contribution is 0.864. The van der Waals surface area contributed by atoms with Crippen LogP contribution >= 0.6 is 0 Å². The number of aryl methyl sites for hydroxylation is 1. The summed E-state index contributed by atoms with van der Waals surface area (Å²) in [4.78, 5) is 12.4. The van der Waals surface area contributed by atoms with Gasteiger partial charge in [-0.1, -0.05) is 38.5 Å². The molecule has 0 atom stereocenters. The van der Waals surface area contributed by atoms with Crippen LogP contribution in [-0.4, -0.2) is 19.5 Å². The molecule has 0 radical (unpaired) electrons.